The number of nitrogens with zero attached hydrogens (tertiary/aromatic N) is 4. The van der Waals surface area contributed by atoms with Gasteiger partial charge in [0.05, 0.1) is 33.5 Å². The van der Waals surface area contributed by atoms with Gasteiger partial charge in [-0.25, -0.2) is 4.68 Å². The summed E-state index contributed by atoms with van der Waals surface area (Å²) in [5, 5.41) is 12.4. The highest BCUT2D eigenvalue weighted by molar-refractivity contribution is 6.37. The standard InChI is InChI=1S/C17H16Cl3N5O2/c1-2-25-15(13(20)8-22-25)9-21-17(26)14-6-7-24(23-14)10-27-16-11(18)4-3-5-12(16)19/h3-8H,2,9-10H2,1H3,(H,21,26). The van der Waals surface area contributed by atoms with Crippen LogP contribution in [0, 0.1) is 0 Å². The summed E-state index contributed by atoms with van der Waals surface area (Å²) in [6.07, 6.45) is 3.18. The molecule has 7 nitrogen and oxygen atoms in total. The molecule has 2 heterocycles. The van der Waals surface area contributed by atoms with Gasteiger partial charge in [0, 0.05) is 12.7 Å². The molecule has 0 atom stereocenters. The van der Waals surface area contributed by atoms with Crippen LogP contribution in [0.3, 0.4) is 0 Å². The van der Waals surface area contributed by atoms with Crippen molar-refractivity contribution < 1.29 is 9.53 Å². The molecular weight excluding hydrogens is 413 g/mol. The van der Waals surface area contributed by atoms with Crippen molar-refractivity contribution in [3.63, 3.8) is 0 Å². The van der Waals surface area contributed by atoms with Crippen LogP contribution in [0.4, 0.5) is 0 Å². The van der Waals surface area contributed by atoms with E-state index in [1.165, 1.54) is 4.68 Å². The number of hydrogen-bond acceptors (Lipinski definition) is 4. The summed E-state index contributed by atoms with van der Waals surface area (Å²) in [7, 11) is 0. The second-order valence-electron chi connectivity index (χ2n) is 5.50. The Morgan fingerprint density at radius 1 is 1.19 bits per heavy atom. The number of aryl methyl sites for hydroxylation is 1. The molecule has 0 radical (unpaired) electrons. The maximum Gasteiger partial charge on any atom is 0.272 e. The number of aromatic nitrogens is 4. The third-order valence-electron chi connectivity index (χ3n) is 3.75. The van der Waals surface area contributed by atoms with Gasteiger partial charge in [-0.3, -0.25) is 9.48 Å². The third kappa shape index (κ3) is 4.55. The zero-order valence-corrected chi connectivity index (χ0v) is 16.6. The van der Waals surface area contributed by atoms with Gasteiger partial charge in [-0.2, -0.15) is 10.2 Å². The molecule has 0 aliphatic heterocycles. The van der Waals surface area contributed by atoms with Crippen LogP contribution in [0.5, 0.6) is 5.75 Å². The first-order valence-corrected chi connectivity index (χ1v) is 9.21. The molecule has 0 aliphatic rings. The molecule has 0 unspecified atom stereocenters. The number of ether oxygens (including phenoxy) is 1. The van der Waals surface area contributed by atoms with Crippen LogP contribution in [-0.4, -0.2) is 25.5 Å². The minimum absolute atomic E-state index is 0.0607. The molecule has 1 N–H and O–H groups in total. The van der Waals surface area contributed by atoms with Gasteiger partial charge in [-0.15, -0.1) is 0 Å². The second-order valence-corrected chi connectivity index (χ2v) is 6.72. The van der Waals surface area contributed by atoms with E-state index in [1.807, 2.05) is 6.92 Å². The first kappa shape index (κ1) is 19.5. The summed E-state index contributed by atoms with van der Waals surface area (Å²) in [5.41, 5.74) is 0.992. The number of carbonyl (C=O) groups is 1. The Morgan fingerprint density at radius 3 is 2.63 bits per heavy atom. The van der Waals surface area contributed by atoms with Gasteiger partial charge in [-0.05, 0) is 25.1 Å². The Kier molecular flexibility index (Phi) is 6.26. The largest absolute Gasteiger partial charge is 0.468 e. The second kappa shape index (κ2) is 8.65. The van der Waals surface area contributed by atoms with E-state index in [9.17, 15) is 4.79 Å². The summed E-state index contributed by atoms with van der Waals surface area (Å²) in [6, 6.07) is 6.67. The van der Waals surface area contributed by atoms with Crippen molar-refractivity contribution in [2.45, 2.75) is 26.7 Å². The highest BCUT2D eigenvalue weighted by Crippen LogP contribution is 2.32. The molecule has 1 amide bonds. The van der Waals surface area contributed by atoms with Crippen LogP contribution in [-0.2, 0) is 19.8 Å². The SMILES string of the molecule is CCn1ncc(Cl)c1CNC(=O)c1ccn(COc2c(Cl)cccc2Cl)n1. The van der Waals surface area contributed by atoms with Crippen molar-refractivity contribution >= 4 is 40.7 Å². The minimum Gasteiger partial charge on any atom is -0.468 e. The first-order valence-electron chi connectivity index (χ1n) is 8.08. The molecule has 0 bridgehead atoms. The van der Waals surface area contributed by atoms with Crippen LogP contribution < -0.4 is 10.1 Å². The normalized spacial score (nSPS) is 10.8. The Hall–Kier alpha value is -2.22. The molecule has 0 saturated heterocycles. The first-order chi connectivity index (χ1) is 13.0. The molecule has 3 rings (SSSR count). The molecule has 3 aromatic rings. The lowest BCUT2D eigenvalue weighted by molar-refractivity contribution is 0.0943. The van der Waals surface area contributed by atoms with Crippen molar-refractivity contribution in [2.75, 3.05) is 0 Å². The Bertz CT molecular complexity index is 934. The lowest BCUT2D eigenvalue weighted by Crippen LogP contribution is -2.25. The highest BCUT2D eigenvalue weighted by atomic mass is 35.5. The molecule has 0 fully saturated rings. The van der Waals surface area contributed by atoms with Crippen molar-refractivity contribution in [2.24, 2.45) is 0 Å². The quantitative estimate of drug-likeness (QED) is 0.617. The number of para-hydroxylation sites is 1. The van der Waals surface area contributed by atoms with Crippen molar-refractivity contribution in [3.8, 4) is 5.75 Å². The van der Waals surface area contributed by atoms with Gasteiger partial charge in [0.1, 0.15) is 5.69 Å². The van der Waals surface area contributed by atoms with E-state index in [-0.39, 0.29) is 24.9 Å². The van der Waals surface area contributed by atoms with Crippen molar-refractivity contribution in [3.05, 3.63) is 63.1 Å². The monoisotopic (exact) mass is 427 g/mol. The number of nitrogens with one attached hydrogen (secondary N) is 1. The van der Waals surface area contributed by atoms with Gasteiger partial charge in [0.25, 0.3) is 5.91 Å². The number of hydrogen-bond donors (Lipinski definition) is 1. The highest BCUT2D eigenvalue weighted by Gasteiger charge is 2.13. The van der Waals surface area contributed by atoms with E-state index in [0.717, 1.165) is 5.69 Å². The van der Waals surface area contributed by atoms with Gasteiger partial charge < -0.3 is 10.1 Å². The smallest absolute Gasteiger partial charge is 0.272 e. The van der Waals surface area contributed by atoms with Gasteiger partial charge in [-0.1, -0.05) is 40.9 Å². The van der Waals surface area contributed by atoms with Crippen LogP contribution in [0.2, 0.25) is 15.1 Å². The molecular formula is C17H16Cl3N5O2. The van der Waals surface area contributed by atoms with Gasteiger partial charge in [0.2, 0.25) is 0 Å². The fourth-order valence-electron chi connectivity index (χ4n) is 2.40. The summed E-state index contributed by atoms with van der Waals surface area (Å²) < 4.78 is 8.78. The Balaban J connectivity index is 1.60. The topological polar surface area (TPSA) is 74.0 Å². The predicted octanol–water partition coefficient (Wildman–Crippen LogP) is 4.03. The maximum atomic E-state index is 12.3. The number of benzene rings is 1. The summed E-state index contributed by atoms with van der Waals surface area (Å²) >= 11 is 18.2. The molecule has 10 heteroatoms. The lowest BCUT2D eigenvalue weighted by Gasteiger charge is -2.09. The molecule has 2 aromatic heterocycles. The predicted molar refractivity (Wildman–Crippen MR) is 103 cm³/mol. The van der Waals surface area contributed by atoms with E-state index in [4.69, 9.17) is 39.5 Å². The fourth-order valence-corrected chi connectivity index (χ4v) is 3.11. The van der Waals surface area contributed by atoms with Gasteiger partial charge in [0.15, 0.2) is 12.5 Å². The number of amides is 1. The van der Waals surface area contributed by atoms with Crippen molar-refractivity contribution in [1.82, 2.24) is 24.9 Å². The maximum absolute atomic E-state index is 12.3. The number of carbonyl (C=O) groups excluding carboxylic acids is 1. The van der Waals surface area contributed by atoms with E-state index in [0.29, 0.717) is 27.4 Å². The number of halogens is 3. The minimum atomic E-state index is -0.329. The van der Waals surface area contributed by atoms with Crippen LogP contribution >= 0.6 is 34.8 Å². The van der Waals surface area contributed by atoms with Crippen molar-refractivity contribution in [1.29, 1.82) is 0 Å². The third-order valence-corrected chi connectivity index (χ3v) is 4.66. The zero-order valence-electron chi connectivity index (χ0n) is 14.3. The molecule has 1 aromatic carbocycles. The van der Waals surface area contributed by atoms with E-state index >= 15 is 0 Å². The molecule has 27 heavy (non-hydrogen) atoms. The molecule has 0 spiro atoms. The Morgan fingerprint density at radius 2 is 1.93 bits per heavy atom. The van der Waals surface area contributed by atoms with Crippen LogP contribution in [0.25, 0.3) is 0 Å². The van der Waals surface area contributed by atoms with E-state index < -0.39 is 0 Å². The summed E-state index contributed by atoms with van der Waals surface area (Å²) in [4.78, 5) is 12.3. The summed E-state index contributed by atoms with van der Waals surface area (Å²) in [5.74, 6) is 0.0363. The number of rotatable bonds is 7. The van der Waals surface area contributed by atoms with Crippen LogP contribution in [0.1, 0.15) is 23.1 Å². The van der Waals surface area contributed by atoms with Crippen LogP contribution in [0.15, 0.2) is 36.7 Å². The average Bonchev–Trinajstić information content (AvgIpc) is 3.26. The lowest BCUT2D eigenvalue weighted by atomic mass is 10.3. The Labute approximate surface area is 170 Å². The summed E-state index contributed by atoms with van der Waals surface area (Å²) in [6.45, 7) is 2.92. The van der Waals surface area contributed by atoms with E-state index in [1.54, 1.807) is 41.3 Å². The fraction of sp³-hybridized carbons (Fsp3) is 0.235. The molecule has 0 aliphatic carbocycles. The average molecular weight is 429 g/mol. The van der Waals surface area contributed by atoms with E-state index in [2.05, 4.69) is 15.5 Å². The zero-order chi connectivity index (χ0) is 19.4. The van der Waals surface area contributed by atoms with Gasteiger partial charge >= 0.3 is 0 Å². The molecule has 142 valence electrons. The molecule has 0 saturated carbocycles.